The molecule has 3 rings (SSSR count). The molecule has 1 aliphatic rings. The van der Waals surface area contributed by atoms with E-state index in [1.54, 1.807) is 30.1 Å². The molecule has 2 aromatic carbocycles. The summed E-state index contributed by atoms with van der Waals surface area (Å²) in [5.74, 6) is -0.913. The zero-order valence-corrected chi connectivity index (χ0v) is 14.4. The molecule has 1 atom stereocenters. The number of nitrogens with zero attached hydrogens (tertiary/aromatic N) is 2. The Morgan fingerprint density at radius 1 is 1.20 bits per heavy atom. The van der Waals surface area contributed by atoms with Crippen LogP contribution in [-0.2, 0) is 16.1 Å². The fraction of sp³-hybridized carbons (Fsp3) is 0.300. The van der Waals surface area contributed by atoms with E-state index in [0.717, 1.165) is 11.3 Å². The monoisotopic (exact) mass is 340 g/mol. The first kappa shape index (κ1) is 17.1. The molecule has 0 N–H and O–H groups in total. The Balaban J connectivity index is 1.68. The molecule has 130 valence electrons. The molecule has 0 aliphatic carbocycles. The van der Waals surface area contributed by atoms with E-state index in [2.05, 4.69) is 0 Å². The minimum Gasteiger partial charge on any atom is -0.341 e. The van der Waals surface area contributed by atoms with Crippen molar-refractivity contribution in [3.63, 3.8) is 0 Å². The molecule has 2 amide bonds. The van der Waals surface area contributed by atoms with Gasteiger partial charge in [0, 0.05) is 37.8 Å². The fourth-order valence-electron chi connectivity index (χ4n) is 3.12. The average molecular weight is 340 g/mol. The largest absolute Gasteiger partial charge is 0.341 e. The maximum Gasteiger partial charge on any atom is 0.228 e. The number of carbonyl (C=O) groups is 2. The molecule has 1 fully saturated rings. The fourth-order valence-corrected chi connectivity index (χ4v) is 3.12. The van der Waals surface area contributed by atoms with Crippen LogP contribution in [0.2, 0.25) is 0 Å². The molecular formula is C20H21FN2O2. The Labute approximate surface area is 146 Å². The van der Waals surface area contributed by atoms with E-state index in [9.17, 15) is 14.0 Å². The summed E-state index contributed by atoms with van der Waals surface area (Å²) in [4.78, 5) is 28.1. The Bertz CT molecular complexity index is 789. The van der Waals surface area contributed by atoms with Crippen LogP contribution in [0, 0.1) is 18.7 Å². The minimum atomic E-state index is -0.398. The van der Waals surface area contributed by atoms with Crippen molar-refractivity contribution in [2.24, 2.45) is 5.92 Å². The molecule has 1 aliphatic heterocycles. The first-order valence-corrected chi connectivity index (χ1v) is 8.31. The average Bonchev–Trinajstić information content (AvgIpc) is 2.98. The lowest BCUT2D eigenvalue weighted by atomic mass is 10.1. The van der Waals surface area contributed by atoms with Gasteiger partial charge in [-0.2, -0.15) is 0 Å². The van der Waals surface area contributed by atoms with Gasteiger partial charge in [-0.25, -0.2) is 4.39 Å². The molecule has 4 nitrogen and oxygen atoms in total. The highest BCUT2D eigenvalue weighted by Crippen LogP contribution is 2.26. The Hall–Kier alpha value is -2.69. The van der Waals surface area contributed by atoms with E-state index < -0.39 is 5.92 Å². The highest BCUT2D eigenvalue weighted by atomic mass is 19.1. The number of benzene rings is 2. The molecule has 0 bridgehead atoms. The summed E-state index contributed by atoms with van der Waals surface area (Å²) in [5, 5.41) is 0. The number of hydrogen-bond donors (Lipinski definition) is 0. The summed E-state index contributed by atoms with van der Waals surface area (Å²) < 4.78 is 13.8. The van der Waals surface area contributed by atoms with Crippen LogP contribution in [0.15, 0.2) is 48.5 Å². The van der Waals surface area contributed by atoms with Crippen LogP contribution >= 0.6 is 0 Å². The molecule has 0 spiro atoms. The molecule has 2 aromatic rings. The van der Waals surface area contributed by atoms with Crippen molar-refractivity contribution < 1.29 is 14.0 Å². The molecule has 0 aromatic heterocycles. The van der Waals surface area contributed by atoms with E-state index in [0.29, 0.717) is 12.1 Å². The summed E-state index contributed by atoms with van der Waals surface area (Å²) in [6.45, 7) is 2.54. The predicted octanol–water partition coefficient (Wildman–Crippen LogP) is 3.15. The third-order valence-electron chi connectivity index (χ3n) is 4.56. The lowest BCUT2D eigenvalue weighted by Crippen LogP contribution is -2.34. The summed E-state index contributed by atoms with van der Waals surface area (Å²) in [5.41, 5.74) is 2.40. The summed E-state index contributed by atoms with van der Waals surface area (Å²) in [6, 6.07) is 14.1. The van der Waals surface area contributed by atoms with Crippen LogP contribution < -0.4 is 4.90 Å². The van der Waals surface area contributed by atoms with Crippen molar-refractivity contribution in [1.29, 1.82) is 0 Å². The van der Waals surface area contributed by atoms with Gasteiger partial charge in [-0.15, -0.1) is 0 Å². The first-order chi connectivity index (χ1) is 12.0. The smallest absolute Gasteiger partial charge is 0.228 e. The molecule has 5 heteroatoms. The Kier molecular flexibility index (Phi) is 4.83. The minimum absolute atomic E-state index is 0.0542. The highest BCUT2D eigenvalue weighted by Gasteiger charge is 2.36. The van der Waals surface area contributed by atoms with Gasteiger partial charge in [0.15, 0.2) is 0 Å². The number of amides is 2. The van der Waals surface area contributed by atoms with Crippen molar-refractivity contribution in [2.75, 3.05) is 18.5 Å². The molecule has 0 saturated carbocycles. The number of hydrogen-bond acceptors (Lipinski definition) is 2. The van der Waals surface area contributed by atoms with E-state index in [1.165, 1.54) is 11.0 Å². The normalized spacial score (nSPS) is 17.0. The van der Waals surface area contributed by atoms with Crippen molar-refractivity contribution in [2.45, 2.75) is 19.9 Å². The Morgan fingerprint density at radius 2 is 1.88 bits per heavy atom. The summed E-state index contributed by atoms with van der Waals surface area (Å²) in [7, 11) is 1.65. The lowest BCUT2D eigenvalue weighted by Gasteiger charge is -2.22. The number of halogens is 1. The van der Waals surface area contributed by atoms with Gasteiger partial charge in [0.25, 0.3) is 0 Å². The number of aryl methyl sites for hydroxylation is 1. The van der Waals surface area contributed by atoms with Crippen molar-refractivity contribution in [1.82, 2.24) is 4.90 Å². The van der Waals surface area contributed by atoms with Crippen LogP contribution in [0.1, 0.15) is 17.5 Å². The lowest BCUT2D eigenvalue weighted by molar-refractivity contribution is -0.135. The van der Waals surface area contributed by atoms with Gasteiger partial charge >= 0.3 is 0 Å². The zero-order chi connectivity index (χ0) is 18.0. The van der Waals surface area contributed by atoms with Crippen LogP contribution in [-0.4, -0.2) is 30.3 Å². The quantitative estimate of drug-likeness (QED) is 0.858. The van der Waals surface area contributed by atoms with E-state index in [1.807, 2.05) is 31.2 Å². The van der Waals surface area contributed by atoms with Crippen LogP contribution in [0.5, 0.6) is 0 Å². The van der Waals surface area contributed by atoms with E-state index in [-0.39, 0.29) is 30.6 Å². The maximum atomic E-state index is 13.8. The molecule has 1 unspecified atom stereocenters. The van der Waals surface area contributed by atoms with Crippen molar-refractivity contribution in [3.8, 4) is 0 Å². The standard InChI is InChI=1S/C20H21FN2O2/c1-14-7-9-17(10-8-14)23-13-16(11-19(23)24)20(25)22(2)12-15-5-3-4-6-18(15)21/h3-10,16H,11-13H2,1-2H3. The zero-order valence-electron chi connectivity index (χ0n) is 14.4. The predicted molar refractivity (Wildman–Crippen MR) is 94.5 cm³/mol. The summed E-state index contributed by atoms with van der Waals surface area (Å²) >= 11 is 0. The van der Waals surface area contributed by atoms with Gasteiger partial charge in [0.05, 0.1) is 5.92 Å². The Morgan fingerprint density at radius 3 is 2.56 bits per heavy atom. The summed E-state index contributed by atoms with van der Waals surface area (Å²) in [6.07, 6.45) is 0.189. The van der Waals surface area contributed by atoms with Gasteiger partial charge in [0.1, 0.15) is 5.82 Å². The third-order valence-corrected chi connectivity index (χ3v) is 4.56. The van der Waals surface area contributed by atoms with E-state index >= 15 is 0 Å². The molecule has 1 saturated heterocycles. The van der Waals surface area contributed by atoms with Crippen LogP contribution in [0.25, 0.3) is 0 Å². The van der Waals surface area contributed by atoms with Crippen LogP contribution in [0.4, 0.5) is 10.1 Å². The number of carbonyl (C=O) groups excluding carboxylic acids is 2. The second-order valence-electron chi connectivity index (χ2n) is 6.53. The molecule has 25 heavy (non-hydrogen) atoms. The van der Waals surface area contributed by atoms with Gasteiger partial charge < -0.3 is 9.80 Å². The molecule has 0 radical (unpaired) electrons. The van der Waals surface area contributed by atoms with Crippen molar-refractivity contribution in [3.05, 3.63) is 65.5 Å². The third kappa shape index (κ3) is 3.71. The van der Waals surface area contributed by atoms with Crippen molar-refractivity contribution >= 4 is 17.5 Å². The number of rotatable bonds is 4. The van der Waals surface area contributed by atoms with Crippen LogP contribution in [0.3, 0.4) is 0 Å². The highest BCUT2D eigenvalue weighted by molar-refractivity contribution is 6.00. The second-order valence-corrected chi connectivity index (χ2v) is 6.53. The van der Waals surface area contributed by atoms with Gasteiger partial charge in [0.2, 0.25) is 11.8 Å². The maximum absolute atomic E-state index is 13.8. The second kappa shape index (κ2) is 7.05. The number of anilines is 1. The van der Waals surface area contributed by atoms with E-state index in [4.69, 9.17) is 0 Å². The first-order valence-electron chi connectivity index (χ1n) is 8.31. The van der Waals surface area contributed by atoms with Gasteiger partial charge in [-0.05, 0) is 25.1 Å². The molecular weight excluding hydrogens is 319 g/mol. The van der Waals surface area contributed by atoms with Gasteiger partial charge in [-0.1, -0.05) is 35.9 Å². The molecule has 1 heterocycles. The SMILES string of the molecule is Cc1ccc(N2CC(C(=O)N(C)Cc3ccccc3F)CC2=O)cc1. The van der Waals surface area contributed by atoms with Gasteiger partial charge in [-0.3, -0.25) is 9.59 Å². The topological polar surface area (TPSA) is 40.6 Å².